The van der Waals surface area contributed by atoms with Gasteiger partial charge in [0.25, 0.3) is 10.0 Å². The van der Waals surface area contributed by atoms with Gasteiger partial charge in [0, 0.05) is 16.3 Å². The largest absolute Gasteiger partial charge is 0.353 e. The van der Waals surface area contributed by atoms with Gasteiger partial charge >= 0.3 is 0 Å². The molecule has 0 spiro atoms. The Bertz CT molecular complexity index is 1190. The Balaban J connectivity index is 1.92. The van der Waals surface area contributed by atoms with Crippen LogP contribution in [0.1, 0.15) is 11.1 Å². The Kier molecular flexibility index (Phi) is 3.54. The van der Waals surface area contributed by atoms with Crippen LogP contribution in [0, 0.1) is 13.8 Å². The number of hydrogen-bond donors (Lipinski definition) is 2. The van der Waals surface area contributed by atoms with Crippen LogP contribution in [0.2, 0.25) is 0 Å². The average Bonchev–Trinajstić information content (AvgIpc) is 3.01. The molecule has 0 radical (unpaired) electrons. The molecular weight excluding hydrogens is 332 g/mol. The monoisotopic (exact) mass is 350 g/mol. The molecule has 0 bridgehead atoms. The Hall–Kier alpha value is -2.79. The number of H-pyrrole nitrogens is 1. The van der Waals surface area contributed by atoms with Crippen molar-refractivity contribution in [2.24, 2.45) is 0 Å². The van der Waals surface area contributed by atoms with Crippen LogP contribution in [0.25, 0.3) is 21.8 Å². The summed E-state index contributed by atoms with van der Waals surface area (Å²) in [5.41, 5.74) is 4.69. The minimum atomic E-state index is -3.63. The van der Waals surface area contributed by atoms with E-state index in [0.29, 0.717) is 5.69 Å². The summed E-state index contributed by atoms with van der Waals surface area (Å²) >= 11 is 0. The van der Waals surface area contributed by atoms with E-state index < -0.39 is 10.0 Å². The minimum absolute atomic E-state index is 0.246. The molecule has 0 saturated carbocycles. The summed E-state index contributed by atoms with van der Waals surface area (Å²) in [6, 6.07) is 18.2. The highest BCUT2D eigenvalue weighted by molar-refractivity contribution is 7.92. The molecule has 5 heteroatoms. The molecule has 3 aromatic carbocycles. The van der Waals surface area contributed by atoms with E-state index in [2.05, 4.69) is 28.8 Å². The highest BCUT2D eigenvalue weighted by Crippen LogP contribution is 2.34. The fourth-order valence-electron chi connectivity index (χ4n) is 3.23. The number of aromatic nitrogens is 1. The molecule has 0 unspecified atom stereocenters. The van der Waals surface area contributed by atoms with Gasteiger partial charge in [-0.05, 0) is 43.2 Å². The number of benzene rings is 3. The van der Waals surface area contributed by atoms with Crippen molar-refractivity contribution >= 4 is 37.5 Å². The first-order chi connectivity index (χ1) is 12.0. The van der Waals surface area contributed by atoms with Gasteiger partial charge in [0.05, 0.1) is 16.1 Å². The van der Waals surface area contributed by atoms with Gasteiger partial charge in [0.15, 0.2) is 0 Å². The Morgan fingerprint density at radius 2 is 1.52 bits per heavy atom. The lowest BCUT2D eigenvalue weighted by Gasteiger charge is -2.09. The van der Waals surface area contributed by atoms with Gasteiger partial charge in [-0.2, -0.15) is 0 Å². The van der Waals surface area contributed by atoms with Gasteiger partial charge < -0.3 is 4.98 Å². The van der Waals surface area contributed by atoms with E-state index in [4.69, 9.17) is 0 Å². The maximum absolute atomic E-state index is 12.7. The van der Waals surface area contributed by atoms with E-state index in [1.165, 1.54) is 0 Å². The van der Waals surface area contributed by atoms with Crippen molar-refractivity contribution in [3.8, 4) is 0 Å². The topological polar surface area (TPSA) is 62.0 Å². The van der Waals surface area contributed by atoms with E-state index in [0.717, 1.165) is 32.9 Å². The predicted octanol–water partition coefficient (Wildman–Crippen LogP) is 4.74. The summed E-state index contributed by atoms with van der Waals surface area (Å²) in [4.78, 5) is 3.65. The number of hydrogen-bond acceptors (Lipinski definition) is 2. The number of rotatable bonds is 3. The predicted molar refractivity (Wildman–Crippen MR) is 103 cm³/mol. The summed E-state index contributed by atoms with van der Waals surface area (Å²) < 4.78 is 28.1. The third kappa shape index (κ3) is 2.57. The number of aryl methyl sites for hydroxylation is 2. The fraction of sp³-hybridized carbons (Fsp3) is 0.100. The zero-order valence-corrected chi connectivity index (χ0v) is 14.8. The zero-order valence-electron chi connectivity index (χ0n) is 14.0. The van der Waals surface area contributed by atoms with Crippen molar-refractivity contribution in [1.82, 2.24) is 4.98 Å². The number of anilines is 1. The van der Waals surface area contributed by atoms with E-state index in [1.54, 1.807) is 36.4 Å². The Morgan fingerprint density at radius 1 is 0.800 bits per heavy atom. The van der Waals surface area contributed by atoms with Gasteiger partial charge in [0.2, 0.25) is 0 Å². The molecule has 0 aliphatic heterocycles. The second-order valence-electron chi connectivity index (χ2n) is 6.22. The van der Waals surface area contributed by atoms with Crippen molar-refractivity contribution in [2.75, 3.05) is 4.72 Å². The van der Waals surface area contributed by atoms with Crippen molar-refractivity contribution in [3.05, 3.63) is 71.8 Å². The molecule has 0 fully saturated rings. The van der Waals surface area contributed by atoms with Crippen LogP contribution < -0.4 is 4.72 Å². The Labute approximate surface area is 146 Å². The van der Waals surface area contributed by atoms with Gasteiger partial charge in [-0.25, -0.2) is 8.42 Å². The SMILES string of the molecule is Cc1ccc(C)c2c1[nH]c1c(NS(=O)(=O)c3ccccc3)cccc12. The maximum Gasteiger partial charge on any atom is 0.261 e. The molecule has 2 N–H and O–H groups in total. The lowest BCUT2D eigenvalue weighted by molar-refractivity contribution is 0.601. The molecule has 0 saturated heterocycles. The minimum Gasteiger partial charge on any atom is -0.353 e. The van der Waals surface area contributed by atoms with E-state index in [1.807, 2.05) is 19.1 Å². The van der Waals surface area contributed by atoms with Crippen LogP contribution in [0.5, 0.6) is 0 Å². The lowest BCUT2D eigenvalue weighted by atomic mass is 10.0. The fourth-order valence-corrected chi connectivity index (χ4v) is 4.32. The molecule has 25 heavy (non-hydrogen) atoms. The van der Waals surface area contributed by atoms with Crippen LogP contribution >= 0.6 is 0 Å². The normalized spacial score (nSPS) is 11.9. The van der Waals surface area contributed by atoms with Gasteiger partial charge in [0.1, 0.15) is 0 Å². The smallest absolute Gasteiger partial charge is 0.261 e. The molecule has 1 aromatic heterocycles. The zero-order chi connectivity index (χ0) is 17.6. The number of sulfonamides is 1. The van der Waals surface area contributed by atoms with Crippen LogP contribution in [0.3, 0.4) is 0 Å². The van der Waals surface area contributed by atoms with Crippen LogP contribution in [0.15, 0.2) is 65.6 Å². The number of fused-ring (bicyclic) bond motifs is 3. The number of para-hydroxylation sites is 1. The number of nitrogens with one attached hydrogen (secondary N) is 2. The molecule has 1 heterocycles. The van der Waals surface area contributed by atoms with Crippen LogP contribution in [-0.4, -0.2) is 13.4 Å². The first-order valence-corrected chi connectivity index (χ1v) is 9.54. The van der Waals surface area contributed by atoms with E-state index >= 15 is 0 Å². The summed E-state index contributed by atoms with van der Waals surface area (Å²) in [5, 5.41) is 2.15. The number of aromatic amines is 1. The molecule has 4 aromatic rings. The average molecular weight is 350 g/mol. The lowest BCUT2D eigenvalue weighted by Crippen LogP contribution is -2.13. The maximum atomic E-state index is 12.7. The van der Waals surface area contributed by atoms with Crippen molar-refractivity contribution < 1.29 is 8.42 Å². The van der Waals surface area contributed by atoms with Gasteiger partial charge in [-0.1, -0.05) is 42.5 Å². The van der Waals surface area contributed by atoms with Crippen LogP contribution in [-0.2, 0) is 10.0 Å². The molecule has 4 nitrogen and oxygen atoms in total. The van der Waals surface area contributed by atoms with Crippen molar-refractivity contribution in [1.29, 1.82) is 0 Å². The third-order valence-electron chi connectivity index (χ3n) is 4.50. The quantitative estimate of drug-likeness (QED) is 0.561. The molecule has 0 aliphatic rings. The summed E-state index contributed by atoms with van der Waals surface area (Å²) in [5.74, 6) is 0. The molecule has 126 valence electrons. The standard InChI is InChI=1S/C20H18N2O2S/c1-13-11-12-14(2)19-18(13)16-9-6-10-17(20(16)21-19)22-25(23,24)15-7-4-3-5-8-15/h3-12,21-22H,1-2H3. The van der Waals surface area contributed by atoms with Crippen molar-refractivity contribution in [2.45, 2.75) is 18.7 Å². The third-order valence-corrected chi connectivity index (χ3v) is 5.89. The first kappa shape index (κ1) is 15.7. The van der Waals surface area contributed by atoms with E-state index in [9.17, 15) is 8.42 Å². The first-order valence-electron chi connectivity index (χ1n) is 8.06. The highest BCUT2D eigenvalue weighted by atomic mass is 32.2. The molecule has 4 rings (SSSR count). The second kappa shape index (κ2) is 5.63. The summed E-state index contributed by atoms with van der Waals surface area (Å²) in [6.45, 7) is 4.11. The molecule has 0 amide bonds. The van der Waals surface area contributed by atoms with Gasteiger partial charge in [-0.15, -0.1) is 0 Å². The highest BCUT2D eigenvalue weighted by Gasteiger charge is 2.17. The summed E-state index contributed by atoms with van der Waals surface area (Å²) in [6.07, 6.45) is 0. The van der Waals surface area contributed by atoms with E-state index in [-0.39, 0.29) is 4.90 Å². The molecule has 0 aliphatic carbocycles. The molecular formula is C20H18N2O2S. The van der Waals surface area contributed by atoms with Gasteiger partial charge in [-0.3, -0.25) is 4.72 Å². The molecule has 0 atom stereocenters. The van der Waals surface area contributed by atoms with Crippen molar-refractivity contribution in [3.63, 3.8) is 0 Å². The Morgan fingerprint density at radius 3 is 2.28 bits per heavy atom. The summed E-state index contributed by atoms with van der Waals surface area (Å²) in [7, 11) is -3.63. The second-order valence-corrected chi connectivity index (χ2v) is 7.90. The van der Waals surface area contributed by atoms with Crippen LogP contribution in [0.4, 0.5) is 5.69 Å².